The van der Waals surface area contributed by atoms with Crippen LogP contribution in [0.3, 0.4) is 0 Å². The molecule has 0 N–H and O–H groups in total. The molecule has 0 aliphatic heterocycles. The SMILES string of the molecule is COCCOCC(=O)N(Cc1ccc(C(C)C)cc1)C1CC1. The van der Waals surface area contributed by atoms with Gasteiger partial charge in [-0.15, -0.1) is 0 Å². The summed E-state index contributed by atoms with van der Waals surface area (Å²) in [7, 11) is 1.63. The van der Waals surface area contributed by atoms with Gasteiger partial charge in [0.1, 0.15) is 6.61 Å². The second kappa shape index (κ2) is 8.30. The van der Waals surface area contributed by atoms with Crippen LogP contribution in [0.2, 0.25) is 0 Å². The average molecular weight is 305 g/mol. The first-order valence-corrected chi connectivity index (χ1v) is 8.06. The van der Waals surface area contributed by atoms with Crippen LogP contribution in [-0.2, 0) is 20.8 Å². The number of amides is 1. The molecule has 0 radical (unpaired) electrons. The number of rotatable bonds is 9. The minimum absolute atomic E-state index is 0.0755. The Labute approximate surface area is 133 Å². The molecule has 0 aromatic heterocycles. The lowest BCUT2D eigenvalue weighted by molar-refractivity contribution is -0.137. The molecule has 22 heavy (non-hydrogen) atoms. The fourth-order valence-corrected chi connectivity index (χ4v) is 2.40. The van der Waals surface area contributed by atoms with E-state index in [2.05, 4.69) is 38.1 Å². The van der Waals surface area contributed by atoms with Gasteiger partial charge >= 0.3 is 0 Å². The summed E-state index contributed by atoms with van der Waals surface area (Å²) in [5.74, 6) is 0.607. The molecule has 1 amide bonds. The van der Waals surface area contributed by atoms with Crippen LogP contribution in [0, 0.1) is 0 Å². The molecule has 1 aliphatic rings. The van der Waals surface area contributed by atoms with E-state index in [0.717, 1.165) is 12.8 Å². The van der Waals surface area contributed by atoms with E-state index in [9.17, 15) is 4.79 Å². The third-order valence-electron chi connectivity index (χ3n) is 3.96. The lowest BCUT2D eigenvalue weighted by Crippen LogP contribution is -2.35. The van der Waals surface area contributed by atoms with Crippen molar-refractivity contribution in [1.29, 1.82) is 0 Å². The molecule has 0 spiro atoms. The number of ether oxygens (including phenoxy) is 2. The van der Waals surface area contributed by atoms with Crippen molar-refractivity contribution in [3.05, 3.63) is 35.4 Å². The van der Waals surface area contributed by atoms with Crippen LogP contribution in [0.25, 0.3) is 0 Å². The molecule has 4 nitrogen and oxygen atoms in total. The number of nitrogens with zero attached hydrogens (tertiary/aromatic N) is 1. The summed E-state index contributed by atoms with van der Waals surface area (Å²) in [4.78, 5) is 14.3. The maximum atomic E-state index is 12.3. The fourth-order valence-electron chi connectivity index (χ4n) is 2.40. The largest absolute Gasteiger partial charge is 0.382 e. The monoisotopic (exact) mass is 305 g/mol. The summed E-state index contributed by atoms with van der Waals surface area (Å²) < 4.78 is 10.3. The van der Waals surface area contributed by atoms with E-state index >= 15 is 0 Å². The molecule has 0 bridgehead atoms. The Morgan fingerprint density at radius 3 is 2.45 bits per heavy atom. The highest BCUT2D eigenvalue weighted by atomic mass is 16.5. The van der Waals surface area contributed by atoms with Gasteiger partial charge in [-0.25, -0.2) is 0 Å². The Morgan fingerprint density at radius 1 is 1.23 bits per heavy atom. The normalized spacial score (nSPS) is 14.4. The maximum absolute atomic E-state index is 12.3. The molecule has 1 fully saturated rings. The molecule has 1 aromatic rings. The molecular weight excluding hydrogens is 278 g/mol. The van der Waals surface area contributed by atoms with Crippen molar-refractivity contribution in [1.82, 2.24) is 4.90 Å². The van der Waals surface area contributed by atoms with Gasteiger partial charge in [-0.05, 0) is 29.9 Å². The predicted molar refractivity (Wildman–Crippen MR) is 86.8 cm³/mol. The minimum atomic E-state index is 0.0755. The first kappa shape index (κ1) is 17.0. The van der Waals surface area contributed by atoms with Gasteiger partial charge in [-0.2, -0.15) is 0 Å². The zero-order valence-electron chi connectivity index (χ0n) is 13.9. The molecule has 1 aromatic carbocycles. The summed E-state index contributed by atoms with van der Waals surface area (Å²) in [6.07, 6.45) is 2.21. The van der Waals surface area contributed by atoms with Crippen molar-refractivity contribution in [3.63, 3.8) is 0 Å². The van der Waals surface area contributed by atoms with E-state index in [1.165, 1.54) is 11.1 Å². The molecule has 0 unspecified atom stereocenters. The van der Waals surface area contributed by atoms with Gasteiger partial charge in [-0.3, -0.25) is 4.79 Å². The Bertz CT molecular complexity index is 466. The Morgan fingerprint density at radius 2 is 1.91 bits per heavy atom. The zero-order chi connectivity index (χ0) is 15.9. The van der Waals surface area contributed by atoms with Gasteiger partial charge in [0.25, 0.3) is 0 Å². The van der Waals surface area contributed by atoms with E-state index in [-0.39, 0.29) is 12.5 Å². The molecule has 0 atom stereocenters. The highest BCUT2D eigenvalue weighted by Gasteiger charge is 2.32. The van der Waals surface area contributed by atoms with E-state index in [4.69, 9.17) is 9.47 Å². The first-order chi connectivity index (χ1) is 10.6. The molecule has 0 heterocycles. The summed E-state index contributed by atoms with van der Waals surface area (Å²) in [6, 6.07) is 8.96. The molecule has 1 saturated carbocycles. The topological polar surface area (TPSA) is 38.8 Å². The average Bonchev–Trinajstić information content (AvgIpc) is 3.34. The molecule has 4 heteroatoms. The number of hydrogen-bond acceptors (Lipinski definition) is 3. The van der Waals surface area contributed by atoms with Crippen LogP contribution in [-0.4, -0.2) is 43.8 Å². The van der Waals surface area contributed by atoms with Crippen LogP contribution in [0.5, 0.6) is 0 Å². The third-order valence-corrected chi connectivity index (χ3v) is 3.96. The number of benzene rings is 1. The van der Waals surface area contributed by atoms with Crippen molar-refractivity contribution in [2.45, 2.75) is 45.2 Å². The second-order valence-corrected chi connectivity index (χ2v) is 6.19. The van der Waals surface area contributed by atoms with E-state index in [1.54, 1.807) is 7.11 Å². The van der Waals surface area contributed by atoms with Crippen molar-refractivity contribution in [2.75, 3.05) is 26.9 Å². The van der Waals surface area contributed by atoms with Crippen LogP contribution in [0.1, 0.15) is 43.7 Å². The Kier molecular flexibility index (Phi) is 6.40. The van der Waals surface area contributed by atoms with Gasteiger partial charge in [0.15, 0.2) is 0 Å². The molecule has 2 rings (SSSR count). The number of hydrogen-bond donors (Lipinski definition) is 0. The first-order valence-electron chi connectivity index (χ1n) is 8.06. The van der Waals surface area contributed by atoms with Crippen LogP contribution in [0.15, 0.2) is 24.3 Å². The lowest BCUT2D eigenvalue weighted by atomic mass is 10.0. The van der Waals surface area contributed by atoms with Gasteiger partial charge in [0.2, 0.25) is 5.91 Å². The van der Waals surface area contributed by atoms with Crippen molar-refractivity contribution in [2.24, 2.45) is 0 Å². The highest BCUT2D eigenvalue weighted by molar-refractivity contribution is 5.78. The summed E-state index contributed by atoms with van der Waals surface area (Å²) in [5, 5.41) is 0. The van der Waals surface area contributed by atoms with Gasteiger partial charge in [0, 0.05) is 19.7 Å². The summed E-state index contributed by atoms with van der Waals surface area (Å²) in [6.45, 7) is 6.18. The van der Waals surface area contributed by atoms with Crippen molar-refractivity contribution < 1.29 is 14.3 Å². The molecule has 122 valence electrons. The van der Waals surface area contributed by atoms with Crippen LogP contribution in [0.4, 0.5) is 0 Å². The third kappa shape index (κ3) is 5.11. The van der Waals surface area contributed by atoms with Gasteiger partial charge < -0.3 is 14.4 Å². The molecule has 0 saturated heterocycles. The predicted octanol–water partition coefficient (Wildman–Crippen LogP) is 2.96. The molecular formula is C18H27NO3. The Hall–Kier alpha value is -1.39. The number of methoxy groups -OCH3 is 1. The minimum Gasteiger partial charge on any atom is -0.382 e. The van der Waals surface area contributed by atoms with Crippen molar-refractivity contribution >= 4 is 5.91 Å². The second-order valence-electron chi connectivity index (χ2n) is 6.19. The van der Waals surface area contributed by atoms with Crippen molar-refractivity contribution in [3.8, 4) is 0 Å². The fraction of sp³-hybridized carbons (Fsp3) is 0.611. The quantitative estimate of drug-likeness (QED) is 0.658. The van der Waals surface area contributed by atoms with E-state index in [1.807, 2.05) is 4.90 Å². The van der Waals surface area contributed by atoms with Crippen LogP contribution >= 0.6 is 0 Å². The summed E-state index contributed by atoms with van der Waals surface area (Å²) in [5.41, 5.74) is 2.51. The molecule has 1 aliphatic carbocycles. The summed E-state index contributed by atoms with van der Waals surface area (Å²) >= 11 is 0. The Balaban J connectivity index is 1.89. The highest BCUT2D eigenvalue weighted by Crippen LogP contribution is 2.28. The maximum Gasteiger partial charge on any atom is 0.249 e. The zero-order valence-corrected chi connectivity index (χ0v) is 13.9. The standard InChI is InChI=1S/C18H27NO3/c1-14(2)16-6-4-15(5-7-16)12-19(17-8-9-17)18(20)13-22-11-10-21-3/h4-7,14,17H,8-13H2,1-3H3. The lowest BCUT2D eigenvalue weighted by Gasteiger charge is -2.23. The number of carbonyl (C=O) groups is 1. The van der Waals surface area contributed by atoms with Gasteiger partial charge in [0.05, 0.1) is 13.2 Å². The van der Waals surface area contributed by atoms with E-state index < -0.39 is 0 Å². The van der Waals surface area contributed by atoms with E-state index in [0.29, 0.717) is 31.7 Å². The van der Waals surface area contributed by atoms with Gasteiger partial charge in [-0.1, -0.05) is 38.1 Å². The van der Waals surface area contributed by atoms with Crippen LogP contribution < -0.4 is 0 Å². The number of carbonyl (C=O) groups excluding carboxylic acids is 1. The smallest absolute Gasteiger partial charge is 0.249 e.